The summed E-state index contributed by atoms with van der Waals surface area (Å²) in [7, 11) is 0. The van der Waals surface area contributed by atoms with Crippen LogP contribution in [0.25, 0.3) is 0 Å². The predicted molar refractivity (Wildman–Crippen MR) is 51.3 cm³/mol. The van der Waals surface area contributed by atoms with E-state index in [9.17, 15) is 0 Å². The Morgan fingerprint density at radius 2 is 2.00 bits per heavy atom. The molecule has 2 nitrogen and oxygen atoms in total. The van der Waals surface area contributed by atoms with Gasteiger partial charge in [0.2, 0.25) is 0 Å². The van der Waals surface area contributed by atoms with Crippen molar-refractivity contribution >= 4 is 0 Å². The molecule has 0 unspecified atom stereocenters. The van der Waals surface area contributed by atoms with Crippen LogP contribution in [-0.2, 0) is 4.74 Å². The molecule has 0 aliphatic carbocycles. The lowest BCUT2D eigenvalue weighted by molar-refractivity contribution is 0.00743. The van der Waals surface area contributed by atoms with Crippen molar-refractivity contribution in [3.8, 4) is 0 Å². The van der Waals surface area contributed by atoms with Crippen molar-refractivity contribution in [2.45, 2.75) is 39.2 Å². The van der Waals surface area contributed by atoms with Gasteiger partial charge in [-0.2, -0.15) is 0 Å². The maximum atomic E-state index is 5.70. The third-order valence-corrected chi connectivity index (χ3v) is 2.69. The van der Waals surface area contributed by atoms with E-state index in [4.69, 9.17) is 4.74 Å². The Hall–Kier alpha value is -0.0800. The molecule has 1 fully saturated rings. The van der Waals surface area contributed by atoms with Gasteiger partial charge in [-0.15, -0.1) is 0 Å². The van der Waals surface area contributed by atoms with Crippen molar-refractivity contribution in [1.82, 2.24) is 5.32 Å². The van der Waals surface area contributed by atoms with Crippen LogP contribution in [0.4, 0.5) is 0 Å². The van der Waals surface area contributed by atoms with Crippen LogP contribution in [0.5, 0.6) is 0 Å². The normalized spacial score (nSPS) is 22.5. The quantitative estimate of drug-likeness (QED) is 0.696. The van der Waals surface area contributed by atoms with Gasteiger partial charge in [-0.1, -0.05) is 6.92 Å². The molecule has 0 aromatic rings. The van der Waals surface area contributed by atoms with Gasteiger partial charge in [0.05, 0.1) is 6.10 Å². The van der Waals surface area contributed by atoms with Gasteiger partial charge in [-0.25, -0.2) is 0 Å². The van der Waals surface area contributed by atoms with Crippen molar-refractivity contribution in [2.75, 3.05) is 19.7 Å². The first-order chi connectivity index (χ1) is 5.88. The highest BCUT2D eigenvalue weighted by Crippen LogP contribution is 2.20. The van der Waals surface area contributed by atoms with E-state index < -0.39 is 0 Å². The molecular weight excluding hydrogens is 150 g/mol. The van der Waals surface area contributed by atoms with Crippen LogP contribution in [0.15, 0.2) is 0 Å². The molecule has 1 aliphatic rings. The van der Waals surface area contributed by atoms with Crippen molar-refractivity contribution in [3.05, 3.63) is 0 Å². The van der Waals surface area contributed by atoms with Gasteiger partial charge in [-0.05, 0) is 45.2 Å². The first-order valence-corrected chi connectivity index (χ1v) is 5.20. The molecule has 0 radical (unpaired) electrons. The minimum absolute atomic E-state index is 0.511. The van der Waals surface area contributed by atoms with Gasteiger partial charge in [0.25, 0.3) is 0 Å². The Labute approximate surface area is 75.7 Å². The molecule has 0 aromatic carbocycles. The molecule has 0 bridgehead atoms. The van der Waals surface area contributed by atoms with E-state index in [1.807, 2.05) is 0 Å². The Morgan fingerprint density at radius 1 is 1.33 bits per heavy atom. The fraction of sp³-hybridized carbons (Fsp3) is 1.00. The maximum absolute atomic E-state index is 5.70. The second-order valence-electron chi connectivity index (χ2n) is 3.49. The smallest absolute Gasteiger partial charge is 0.0601 e. The van der Waals surface area contributed by atoms with Gasteiger partial charge in [0.15, 0.2) is 0 Å². The zero-order valence-electron chi connectivity index (χ0n) is 8.31. The topological polar surface area (TPSA) is 21.3 Å². The lowest BCUT2D eigenvalue weighted by Crippen LogP contribution is -2.35. The zero-order valence-corrected chi connectivity index (χ0v) is 8.31. The molecule has 12 heavy (non-hydrogen) atoms. The van der Waals surface area contributed by atoms with Gasteiger partial charge < -0.3 is 10.1 Å². The Balaban J connectivity index is 2.29. The number of rotatable bonds is 4. The predicted octanol–water partition coefficient (Wildman–Crippen LogP) is 1.80. The molecule has 0 saturated carbocycles. The molecule has 0 amide bonds. The van der Waals surface area contributed by atoms with Gasteiger partial charge in [-0.3, -0.25) is 0 Å². The van der Waals surface area contributed by atoms with E-state index in [1.165, 1.54) is 32.4 Å². The van der Waals surface area contributed by atoms with Crippen LogP contribution in [-0.4, -0.2) is 25.8 Å². The molecule has 1 saturated heterocycles. The summed E-state index contributed by atoms with van der Waals surface area (Å²) in [6, 6.07) is 0. The van der Waals surface area contributed by atoms with Crippen molar-refractivity contribution in [3.63, 3.8) is 0 Å². The largest absolute Gasteiger partial charge is 0.378 e. The maximum Gasteiger partial charge on any atom is 0.0601 e. The highest BCUT2D eigenvalue weighted by atomic mass is 16.5. The minimum atomic E-state index is 0.511. The van der Waals surface area contributed by atoms with Crippen LogP contribution >= 0.6 is 0 Å². The van der Waals surface area contributed by atoms with Crippen molar-refractivity contribution in [1.29, 1.82) is 0 Å². The summed E-state index contributed by atoms with van der Waals surface area (Å²) in [5.74, 6) is 0.802. The monoisotopic (exact) mass is 171 g/mol. The summed E-state index contributed by atoms with van der Waals surface area (Å²) in [4.78, 5) is 0. The molecule has 0 aromatic heterocycles. The van der Waals surface area contributed by atoms with Crippen molar-refractivity contribution in [2.24, 2.45) is 5.92 Å². The standard InChI is InChI=1S/C10H21NO/c1-3-10(12-4-2)9-5-7-11-8-6-9/h9-11H,3-8H2,1-2H3/t10-/m1/s1. The minimum Gasteiger partial charge on any atom is -0.378 e. The van der Waals surface area contributed by atoms with Crippen LogP contribution in [0.3, 0.4) is 0 Å². The molecule has 1 aliphatic heterocycles. The average molecular weight is 171 g/mol. The summed E-state index contributed by atoms with van der Waals surface area (Å²) >= 11 is 0. The summed E-state index contributed by atoms with van der Waals surface area (Å²) in [6.45, 7) is 7.52. The lowest BCUT2D eigenvalue weighted by atomic mass is 9.91. The molecule has 2 heteroatoms. The average Bonchev–Trinajstić information content (AvgIpc) is 2.15. The Morgan fingerprint density at radius 3 is 2.50 bits per heavy atom. The van der Waals surface area contributed by atoms with Gasteiger partial charge in [0.1, 0.15) is 0 Å². The summed E-state index contributed by atoms with van der Waals surface area (Å²) in [6.07, 6.45) is 4.26. The van der Waals surface area contributed by atoms with Crippen molar-refractivity contribution < 1.29 is 4.74 Å². The van der Waals surface area contributed by atoms with Gasteiger partial charge >= 0.3 is 0 Å². The molecular formula is C10H21NO. The summed E-state index contributed by atoms with van der Waals surface area (Å²) in [5.41, 5.74) is 0. The molecule has 0 spiro atoms. The molecule has 1 heterocycles. The van der Waals surface area contributed by atoms with E-state index in [1.54, 1.807) is 0 Å². The Bertz CT molecular complexity index is 108. The van der Waals surface area contributed by atoms with Crippen LogP contribution in [0.1, 0.15) is 33.1 Å². The van der Waals surface area contributed by atoms with Crippen LogP contribution in [0, 0.1) is 5.92 Å². The van der Waals surface area contributed by atoms with E-state index in [-0.39, 0.29) is 0 Å². The first kappa shape index (κ1) is 10.0. The van der Waals surface area contributed by atoms with E-state index in [0.29, 0.717) is 6.10 Å². The van der Waals surface area contributed by atoms with E-state index in [2.05, 4.69) is 19.2 Å². The highest BCUT2D eigenvalue weighted by molar-refractivity contribution is 4.75. The molecule has 1 rings (SSSR count). The number of piperidine rings is 1. The Kier molecular flexibility index (Phi) is 4.62. The fourth-order valence-corrected chi connectivity index (χ4v) is 2.02. The van der Waals surface area contributed by atoms with E-state index >= 15 is 0 Å². The first-order valence-electron chi connectivity index (χ1n) is 5.20. The number of nitrogens with one attached hydrogen (secondary N) is 1. The second-order valence-corrected chi connectivity index (χ2v) is 3.49. The fourth-order valence-electron chi connectivity index (χ4n) is 2.02. The second kappa shape index (κ2) is 5.55. The number of hydrogen-bond donors (Lipinski definition) is 1. The number of ether oxygens (including phenoxy) is 1. The molecule has 72 valence electrons. The third kappa shape index (κ3) is 2.76. The zero-order chi connectivity index (χ0) is 8.81. The highest BCUT2D eigenvalue weighted by Gasteiger charge is 2.21. The molecule has 1 N–H and O–H groups in total. The third-order valence-electron chi connectivity index (χ3n) is 2.69. The van der Waals surface area contributed by atoms with E-state index in [0.717, 1.165) is 12.5 Å². The lowest BCUT2D eigenvalue weighted by Gasteiger charge is -2.29. The van der Waals surface area contributed by atoms with Crippen LogP contribution in [0.2, 0.25) is 0 Å². The van der Waals surface area contributed by atoms with Gasteiger partial charge in [0, 0.05) is 6.61 Å². The van der Waals surface area contributed by atoms with Crippen LogP contribution < -0.4 is 5.32 Å². The number of hydrogen-bond acceptors (Lipinski definition) is 2. The SMILES string of the molecule is CCO[C@H](CC)C1CCNCC1. The summed E-state index contributed by atoms with van der Waals surface area (Å²) < 4.78 is 5.70. The summed E-state index contributed by atoms with van der Waals surface area (Å²) in [5, 5.41) is 3.38. The molecule has 1 atom stereocenters.